The quantitative estimate of drug-likeness (QED) is 0.814. The zero-order chi connectivity index (χ0) is 17.3. The SMILES string of the molecule is NC1=CC=C(Cl)C(F)(c2ccnc(N)c2F)N1CC1CCOCC1. The minimum Gasteiger partial charge on any atom is -0.385 e. The van der Waals surface area contributed by atoms with Gasteiger partial charge in [-0.3, -0.25) is 0 Å². The van der Waals surface area contributed by atoms with Crippen molar-refractivity contribution in [3.8, 4) is 0 Å². The maximum atomic E-state index is 16.1. The van der Waals surface area contributed by atoms with E-state index < -0.39 is 11.6 Å². The highest BCUT2D eigenvalue weighted by Crippen LogP contribution is 2.45. The third-order valence-electron chi connectivity index (χ3n) is 4.46. The Morgan fingerprint density at radius 3 is 2.75 bits per heavy atom. The highest BCUT2D eigenvalue weighted by molar-refractivity contribution is 6.30. The van der Waals surface area contributed by atoms with Crippen LogP contribution in [-0.2, 0) is 10.5 Å². The zero-order valence-electron chi connectivity index (χ0n) is 13.0. The van der Waals surface area contributed by atoms with Gasteiger partial charge >= 0.3 is 0 Å². The van der Waals surface area contributed by atoms with Gasteiger partial charge in [0.15, 0.2) is 11.6 Å². The van der Waals surface area contributed by atoms with Crippen molar-refractivity contribution in [1.29, 1.82) is 0 Å². The second-order valence-electron chi connectivity index (χ2n) is 5.95. The zero-order valence-corrected chi connectivity index (χ0v) is 13.8. The Hall–Kier alpha value is -1.86. The van der Waals surface area contributed by atoms with Crippen LogP contribution in [0.25, 0.3) is 0 Å². The molecule has 0 spiro atoms. The molecule has 130 valence electrons. The predicted octanol–water partition coefficient (Wildman–Crippen LogP) is 2.59. The number of rotatable bonds is 3. The Labute approximate surface area is 143 Å². The van der Waals surface area contributed by atoms with E-state index in [1.54, 1.807) is 0 Å². The standard InChI is InChI=1S/C16H19ClF2N4O/c17-12-1-2-13(20)23(9-10-4-7-24-8-5-10)16(12,19)11-3-6-22-15(21)14(11)18/h1-3,6,10H,4-5,7-9,20H2,(H2,21,22). The summed E-state index contributed by atoms with van der Waals surface area (Å²) in [6.07, 6.45) is 5.67. The van der Waals surface area contributed by atoms with Crippen LogP contribution in [0.15, 0.2) is 35.3 Å². The highest BCUT2D eigenvalue weighted by atomic mass is 35.5. The number of ether oxygens (including phenoxy) is 1. The number of pyridine rings is 1. The fourth-order valence-corrected chi connectivity index (χ4v) is 3.34. The van der Waals surface area contributed by atoms with Crippen molar-refractivity contribution in [2.75, 3.05) is 25.5 Å². The fourth-order valence-electron chi connectivity index (χ4n) is 3.07. The van der Waals surface area contributed by atoms with Crippen LogP contribution in [0.5, 0.6) is 0 Å². The van der Waals surface area contributed by atoms with Crippen molar-refractivity contribution in [3.63, 3.8) is 0 Å². The third-order valence-corrected chi connectivity index (χ3v) is 4.83. The monoisotopic (exact) mass is 356 g/mol. The fraction of sp³-hybridized carbons (Fsp3) is 0.438. The second kappa shape index (κ2) is 6.57. The van der Waals surface area contributed by atoms with Gasteiger partial charge in [-0.1, -0.05) is 11.6 Å². The Kier molecular flexibility index (Phi) is 4.64. The van der Waals surface area contributed by atoms with E-state index >= 15 is 4.39 Å². The van der Waals surface area contributed by atoms with Crippen molar-refractivity contribution >= 4 is 17.4 Å². The van der Waals surface area contributed by atoms with E-state index in [2.05, 4.69) is 4.98 Å². The first-order valence-electron chi connectivity index (χ1n) is 7.72. The smallest absolute Gasteiger partial charge is 0.249 e. The molecule has 0 aliphatic carbocycles. The molecule has 2 aliphatic rings. The van der Waals surface area contributed by atoms with E-state index in [1.807, 2.05) is 0 Å². The van der Waals surface area contributed by atoms with E-state index in [4.69, 9.17) is 27.8 Å². The van der Waals surface area contributed by atoms with Crippen LogP contribution in [0.4, 0.5) is 14.6 Å². The van der Waals surface area contributed by atoms with Crippen LogP contribution in [-0.4, -0.2) is 29.6 Å². The Bertz CT molecular complexity index is 691. The second-order valence-corrected chi connectivity index (χ2v) is 6.36. The van der Waals surface area contributed by atoms with Crippen LogP contribution < -0.4 is 11.5 Å². The number of nitrogen functional groups attached to an aromatic ring is 1. The van der Waals surface area contributed by atoms with E-state index in [0.29, 0.717) is 19.8 Å². The van der Waals surface area contributed by atoms with E-state index in [-0.39, 0.29) is 28.2 Å². The van der Waals surface area contributed by atoms with Crippen molar-refractivity contribution in [2.24, 2.45) is 11.7 Å². The normalized spacial score (nSPS) is 25.4. The number of hydrogen-bond donors (Lipinski definition) is 2. The molecule has 1 aromatic rings. The molecule has 4 N–H and O–H groups in total. The molecule has 0 radical (unpaired) electrons. The van der Waals surface area contributed by atoms with Crippen LogP contribution in [0, 0.1) is 11.7 Å². The lowest BCUT2D eigenvalue weighted by Gasteiger charge is -2.43. The lowest BCUT2D eigenvalue weighted by molar-refractivity contribution is -0.0106. The van der Waals surface area contributed by atoms with Crippen LogP contribution in [0.2, 0.25) is 0 Å². The van der Waals surface area contributed by atoms with E-state index in [0.717, 1.165) is 12.8 Å². The van der Waals surface area contributed by atoms with Gasteiger partial charge in [-0.05, 0) is 37.0 Å². The number of hydrogen-bond acceptors (Lipinski definition) is 5. The number of alkyl halides is 1. The van der Waals surface area contributed by atoms with Gasteiger partial charge < -0.3 is 21.1 Å². The summed E-state index contributed by atoms with van der Waals surface area (Å²) in [6.45, 7) is 1.52. The molecule has 24 heavy (non-hydrogen) atoms. The number of aromatic nitrogens is 1. The maximum absolute atomic E-state index is 16.1. The van der Waals surface area contributed by atoms with Gasteiger partial charge in [0.05, 0.1) is 10.6 Å². The molecule has 0 bridgehead atoms. The molecule has 0 aromatic carbocycles. The summed E-state index contributed by atoms with van der Waals surface area (Å²) in [5, 5.41) is -0.173. The molecule has 0 saturated carbocycles. The summed E-state index contributed by atoms with van der Waals surface area (Å²) in [6, 6.07) is 1.23. The molecule has 1 unspecified atom stereocenters. The molecule has 1 aromatic heterocycles. The average Bonchev–Trinajstić information content (AvgIpc) is 2.58. The summed E-state index contributed by atoms with van der Waals surface area (Å²) in [4.78, 5) is 4.94. The van der Waals surface area contributed by atoms with Gasteiger partial charge in [0.1, 0.15) is 5.82 Å². The minimum atomic E-state index is -2.42. The lowest BCUT2D eigenvalue weighted by atomic mass is 9.94. The summed E-state index contributed by atoms with van der Waals surface area (Å²) in [5.74, 6) is -3.38. The van der Waals surface area contributed by atoms with Crippen LogP contribution in [0.3, 0.4) is 0 Å². The van der Waals surface area contributed by atoms with Crippen molar-refractivity contribution in [1.82, 2.24) is 9.88 Å². The number of nitrogens with two attached hydrogens (primary N) is 2. The molecule has 1 fully saturated rings. The maximum Gasteiger partial charge on any atom is 0.249 e. The lowest BCUT2D eigenvalue weighted by Crippen LogP contribution is -2.49. The minimum absolute atomic E-state index is 0.172. The van der Waals surface area contributed by atoms with Gasteiger partial charge in [0, 0.05) is 26.0 Å². The molecule has 3 heterocycles. The average molecular weight is 357 g/mol. The summed E-state index contributed by atoms with van der Waals surface area (Å²) in [5.41, 5.74) is 11.2. The summed E-state index contributed by atoms with van der Waals surface area (Å²) < 4.78 is 35.9. The molecule has 1 saturated heterocycles. The molecular weight excluding hydrogens is 338 g/mol. The number of halogens is 3. The molecule has 5 nitrogen and oxygen atoms in total. The predicted molar refractivity (Wildman–Crippen MR) is 87.8 cm³/mol. The number of anilines is 1. The number of allylic oxidation sites excluding steroid dienone is 2. The van der Waals surface area contributed by atoms with Crippen LogP contribution in [0.1, 0.15) is 18.4 Å². The number of nitrogens with zero attached hydrogens (tertiary/aromatic N) is 2. The molecule has 3 rings (SSSR count). The Balaban J connectivity index is 2.01. The summed E-state index contributed by atoms with van der Waals surface area (Å²) in [7, 11) is 0. The van der Waals surface area contributed by atoms with Crippen molar-refractivity contribution in [3.05, 3.63) is 46.6 Å². The highest BCUT2D eigenvalue weighted by Gasteiger charge is 2.47. The van der Waals surface area contributed by atoms with Gasteiger partial charge in [0.25, 0.3) is 0 Å². The van der Waals surface area contributed by atoms with Crippen molar-refractivity contribution < 1.29 is 13.5 Å². The Morgan fingerprint density at radius 2 is 2.04 bits per heavy atom. The molecule has 1 atom stereocenters. The van der Waals surface area contributed by atoms with Gasteiger partial charge in [-0.25, -0.2) is 13.8 Å². The Morgan fingerprint density at radius 1 is 1.33 bits per heavy atom. The van der Waals surface area contributed by atoms with E-state index in [1.165, 1.54) is 29.3 Å². The molecule has 2 aliphatic heterocycles. The first-order valence-corrected chi connectivity index (χ1v) is 8.10. The largest absolute Gasteiger partial charge is 0.385 e. The van der Waals surface area contributed by atoms with Crippen molar-refractivity contribution in [2.45, 2.75) is 18.6 Å². The van der Waals surface area contributed by atoms with Gasteiger partial charge in [-0.15, -0.1) is 0 Å². The molecular formula is C16H19ClF2N4O. The van der Waals surface area contributed by atoms with Crippen LogP contribution >= 0.6 is 11.6 Å². The first kappa shape index (κ1) is 17.0. The van der Waals surface area contributed by atoms with Gasteiger partial charge in [0.2, 0.25) is 5.79 Å². The molecule has 0 amide bonds. The van der Waals surface area contributed by atoms with E-state index in [9.17, 15) is 4.39 Å². The summed E-state index contributed by atoms with van der Waals surface area (Å²) >= 11 is 6.15. The third kappa shape index (κ3) is 2.82. The topological polar surface area (TPSA) is 77.4 Å². The first-order chi connectivity index (χ1) is 11.4. The molecule has 8 heteroatoms. The van der Waals surface area contributed by atoms with Gasteiger partial charge in [-0.2, -0.15) is 0 Å².